The third-order valence-electron chi connectivity index (χ3n) is 13.4. The topological polar surface area (TPSA) is 198 Å². The zero-order valence-corrected chi connectivity index (χ0v) is 34.6. The summed E-state index contributed by atoms with van der Waals surface area (Å²) in [6.07, 6.45) is 7.68. The molecule has 60 heavy (non-hydrogen) atoms. The number of primary amides is 1. The molecule has 3 aromatic rings. The fourth-order valence-corrected chi connectivity index (χ4v) is 9.66. The third-order valence-corrected chi connectivity index (χ3v) is 13.4. The van der Waals surface area contributed by atoms with Gasteiger partial charge >= 0.3 is 6.03 Å². The Bertz CT molecular complexity index is 2140. The highest BCUT2D eigenvalue weighted by Gasteiger charge is 2.41. The molecule has 0 aliphatic carbocycles. The molecule has 1 aromatic heterocycles. The first-order chi connectivity index (χ1) is 28.9. The minimum absolute atomic E-state index is 0.0537. The molecule has 6 amide bonds. The number of fused-ring (bicyclic) bond motifs is 1. The number of nitrogens with zero attached hydrogens (tertiary/aromatic N) is 7. The lowest BCUT2D eigenvalue weighted by Crippen LogP contribution is -2.51. The van der Waals surface area contributed by atoms with E-state index in [1.807, 2.05) is 41.1 Å². The second-order valence-electron chi connectivity index (χ2n) is 17.3. The average Bonchev–Trinajstić information content (AvgIpc) is 3.77. The monoisotopic (exact) mass is 820 g/mol. The van der Waals surface area contributed by atoms with Crippen LogP contribution in [0.1, 0.15) is 104 Å². The van der Waals surface area contributed by atoms with Gasteiger partial charge in [-0.3, -0.25) is 29.4 Å². The van der Waals surface area contributed by atoms with Crippen molar-refractivity contribution in [2.75, 3.05) is 56.5 Å². The smallest absolute Gasteiger partial charge is 0.320 e. The largest absolute Gasteiger partial charge is 0.374 e. The number of aliphatic hydroxyl groups is 1. The van der Waals surface area contributed by atoms with E-state index >= 15 is 0 Å². The van der Waals surface area contributed by atoms with E-state index in [1.54, 1.807) is 16.0 Å². The first-order valence-corrected chi connectivity index (χ1v) is 21.4. The number of rotatable bonds is 12. The molecule has 5 N–H and O–H groups in total. The van der Waals surface area contributed by atoms with E-state index in [0.29, 0.717) is 51.4 Å². The predicted octanol–water partition coefficient (Wildman–Crippen LogP) is 3.56. The molecule has 2 unspecified atom stereocenters. The van der Waals surface area contributed by atoms with Crippen molar-refractivity contribution in [3.05, 3.63) is 76.6 Å². The quantitative estimate of drug-likeness (QED) is 0.154. The number of hydrogen-bond donors (Lipinski definition) is 4. The van der Waals surface area contributed by atoms with Crippen LogP contribution in [0.5, 0.6) is 0 Å². The number of carbonyl (C=O) groups is 5. The molecule has 0 saturated carbocycles. The Morgan fingerprint density at radius 2 is 1.78 bits per heavy atom. The van der Waals surface area contributed by atoms with Crippen LogP contribution in [0.15, 0.2) is 48.7 Å². The molecule has 4 fully saturated rings. The van der Waals surface area contributed by atoms with Gasteiger partial charge in [0.1, 0.15) is 12.0 Å². The highest BCUT2D eigenvalue weighted by atomic mass is 16.3. The van der Waals surface area contributed by atoms with E-state index in [4.69, 9.17) is 10.7 Å². The van der Waals surface area contributed by atoms with Gasteiger partial charge in [0.25, 0.3) is 5.91 Å². The van der Waals surface area contributed by atoms with Gasteiger partial charge in [0.2, 0.25) is 17.7 Å². The molecule has 8 rings (SSSR count). The molecule has 3 atom stereocenters. The molecule has 0 bridgehead atoms. The van der Waals surface area contributed by atoms with Crippen LogP contribution < -0.4 is 21.3 Å². The molecule has 318 valence electrons. The molecule has 4 saturated heterocycles. The highest BCUT2D eigenvalue weighted by molar-refractivity contribution is 6.00. The number of aryl methyl sites for hydroxylation is 1. The summed E-state index contributed by atoms with van der Waals surface area (Å²) < 4.78 is 0. The molecule has 16 nitrogen and oxygen atoms in total. The summed E-state index contributed by atoms with van der Waals surface area (Å²) in [5, 5.41) is 16.7. The summed E-state index contributed by atoms with van der Waals surface area (Å²) in [6.45, 7) is 6.89. The number of aromatic nitrogens is 2. The highest BCUT2D eigenvalue weighted by Crippen LogP contribution is 2.38. The number of aliphatic hydroxyl groups excluding tert-OH is 1. The molecule has 2 aromatic carbocycles. The summed E-state index contributed by atoms with van der Waals surface area (Å²) in [4.78, 5) is 81.4. The molecule has 6 heterocycles. The molecule has 0 spiro atoms. The van der Waals surface area contributed by atoms with Gasteiger partial charge in [0.15, 0.2) is 11.5 Å². The summed E-state index contributed by atoms with van der Waals surface area (Å²) >= 11 is 0. The molecule has 0 radical (unpaired) electrons. The Balaban J connectivity index is 0.821. The maximum atomic E-state index is 13.3. The Hall–Kier alpha value is -5.61. The Labute approximate surface area is 350 Å². The number of urea groups is 1. The van der Waals surface area contributed by atoms with E-state index in [2.05, 4.69) is 45.6 Å². The van der Waals surface area contributed by atoms with Gasteiger partial charge in [0, 0.05) is 77.0 Å². The summed E-state index contributed by atoms with van der Waals surface area (Å²) in [7, 11) is 1.83. The lowest BCUT2D eigenvalue weighted by Gasteiger charge is -2.40. The molecule has 5 aliphatic rings. The van der Waals surface area contributed by atoms with E-state index in [9.17, 15) is 29.1 Å². The van der Waals surface area contributed by atoms with Gasteiger partial charge in [0.05, 0.1) is 18.3 Å². The van der Waals surface area contributed by atoms with Crippen molar-refractivity contribution in [2.45, 2.75) is 101 Å². The number of nitrogens with two attached hydrogens (primary N) is 1. The van der Waals surface area contributed by atoms with Gasteiger partial charge < -0.3 is 35.8 Å². The lowest BCUT2D eigenvalue weighted by molar-refractivity contribution is -0.142. The molecular weight excluding hydrogens is 765 g/mol. The van der Waals surface area contributed by atoms with Crippen LogP contribution in [0.4, 0.5) is 22.1 Å². The van der Waals surface area contributed by atoms with Crippen molar-refractivity contribution >= 4 is 47.0 Å². The van der Waals surface area contributed by atoms with E-state index < -0.39 is 18.2 Å². The number of amides is 6. The van der Waals surface area contributed by atoms with Gasteiger partial charge in [-0.25, -0.2) is 14.8 Å². The van der Waals surface area contributed by atoms with Gasteiger partial charge in [-0.05, 0) is 85.6 Å². The van der Waals surface area contributed by atoms with Gasteiger partial charge in [-0.15, -0.1) is 0 Å². The SMILES string of the molecule is CN1CCN([C@@H]2CCCN(c3cnc(C(N)=O)c(Nc4ccc(C5(C)CCN(C(=O)CCCCc6cccc7c6CN(C6CCC(=O)NC6=O)C7O)CC5)cc4)n3)C2)C1=O. The van der Waals surface area contributed by atoms with Crippen LogP contribution in [-0.4, -0.2) is 123 Å². The number of carbonyl (C=O) groups excluding carboxylic acids is 5. The number of piperidine rings is 3. The Morgan fingerprint density at radius 3 is 2.50 bits per heavy atom. The predicted molar refractivity (Wildman–Crippen MR) is 224 cm³/mol. The van der Waals surface area contributed by atoms with Crippen molar-refractivity contribution in [1.82, 2.24) is 34.9 Å². The number of nitrogens with one attached hydrogen (secondary N) is 2. The number of imide groups is 1. The number of likely N-dealkylation sites (tertiary alicyclic amines) is 1. The third kappa shape index (κ3) is 8.39. The number of likely N-dealkylation sites (N-methyl/N-ethyl adjacent to an activating group) is 1. The van der Waals surface area contributed by atoms with Crippen molar-refractivity contribution < 1.29 is 29.1 Å². The van der Waals surface area contributed by atoms with Crippen LogP contribution in [0, 0.1) is 0 Å². The number of unbranched alkanes of at least 4 members (excludes halogenated alkanes) is 1. The van der Waals surface area contributed by atoms with E-state index in [0.717, 1.165) is 80.4 Å². The zero-order chi connectivity index (χ0) is 42.1. The first kappa shape index (κ1) is 41.1. The van der Waals surface area contributed by atoms with Crippen LogP contribution >= 0.6 is 0 Å². The molecule has 16 heteroatoms. The minimum Gasteiger partial charge on any atom is -0.374 e. The van der Waals surface area contributed by atoms with Crippen molar-refractivity contribution in [1.29, 1.82) is 0 Å². The van der Waals surface area contributed by atoms with Crippen LogP contribution in [0.25, 0.3) is 0 Å². The normalized spacial score (nSPS) is 23.2. The lowest BCUT2D eigenvalue weighted by atomic mass is 9.74. The average molecular weight is 821 g/mol. The number of anilines is 3. The van der Waals surface area contributed by atoms with E-state index in [-0.39, 0.29) is 53.1 Å². The maximum absolute atomic E-state index is 13.3. The maximum Gasteiger partial charge on any atom is 0.320 e. The fourth-order valence-electron chi connectivity index (χ4n) is 9.66. The zero-order valence-electron chi connectivity index (χ0n) is 34.6. The second kappa shape index (κ2) is 17.2. The first-order valence-electron chi connectivity index (χ1n) is 21.4. The van der Waals surface area contributed by atoms with Crippen molar-refractivity contribution in [2.24, 2.45) is 5.73 Å². The van der Waals surface area contributed by atoms with Crippen LogP contribution in [-0.2, 0) is 32.8 Å². The summed E-state index contributed by atoms with van der Waals surface area (Å²) in [5.74, 6) is -0.232. The molecular formula is C44H56N10O6. The van der Waals surface area contributed by atoms with Crippen molar-refractivity contribution in [3.8, 4) is 0 Å². The van der Waals surface area contributed by atoms with Crippen molar-refractivity contribution in [3.63, 3.8) is 0 Å². The Kier molecular flexibility index (Phi) is 11.8. The Morgan fingerprint density at radius 1 is 1.00 bits per heavy atom. The van der Waals surface area contributed by atoms with Gasteiger partial charge in [-0.2, -0.15) is 0 Å². The fraction of sp³-hybridized carbons (Fsp3) is 0.523. The summed E-state index contributed by atoms with van der Waals surface area (Å²) in [6, 6.07) is 13.6. The second-order valence-corrected chi connectivity index (χ2v) is 17.3. The number of benzene rings is 2. The summed E-state index contributed by atoms with van der Waals surface area (Å²) in [5.41, 5.74) is 10.5. The molecule has 5 aliphatic heterocycles. The minimum atomic E-state index is -0.893. The number of hydrogen-bond acceptors (Lipinski definition) is 11. The van der Waals surface area contributed by atoms with E-state index in [1.165, 1.54) is 5.56 Å². The standard InChI is InChI=1S/C44H56N10O6/c1-44(18-21-51(22-19-44)37(56)11-4-3-7-28-8-5-10-32-33(28)27-54(42(32)59)34-16-17-36(55)49-41(34)58)29-12-14-30(15-13-29)47-40-38(39(45)57)46-25-35(48-40)52-20-6-9-31(26-52)53-24-23-50(2)43(53)60/h5,8,10,12-15,25,31,34,42,59H,3-4,6-7,9,11,16-24,26-27H2,1-2H3,(H2,45,57)(H,47,48)(H,49,55,58)/t31-,34?,42?/m1/s1. The van der Waals surface area contributed by atoms with Crippen LogP contribution in [0.3, 0.4) is 0 Å². The van der Waals surface area contributed by atoms with Gasteiger partial charge in [-0.1, -0.05) is 37.3 Å². The van der Waals surface area contributed by atoms with Crippen LogP contribution in [0.2, 0.25) is 0 Å².